The normalized spacial score (nSPS) is 16.5. The minimum Gasteiger partial charge on any atom is -0.453 e. The number of carbonyl (C=O) groups is 2. The summed E-state index contributed by atoms with van der Waals surface area (Å²) in [6.07, 6.45) is -5.48. The maximum atomic E-state index is 15.7. The Morgan fingerprint density at radius 3 is 2.21 bits per heavy atom. The zero-order valence-corrected chi connectivity index (χ0v) is 30.1. The molecule has 3 aromatic carbocycles. The molecular weight excluding hydrogens is 723 g/mol. The van der Waals surface area contributed by atoms with Gasteiger partial charge in [0, 0.05) is 50.1 Å². The number of alkyl halides is 4. The number of nitrogens with zero attached hydrogens (tertiary/aromatic N) is 2. The van der Waals surface area contributed by atoms with Crippen molar-refractivity contribution in [3.05, 3.63) is 95.5 Å². The number of benzene rings is 3. The fraction of sp³-hybridized carbons (Fsp3) is 0.432. The molecule has 0 aliphatic heterocycles. The van der Waals surface area contributed by atoms with Crippen LogP contribution in [0.1, 0.15) is 68.4 Å². The summed E-state index contributed by atoms with van der Waals surface area (Å²) in [5.74, 6) is -7.88. The van der Waals surface area contributed by atoms with Gasteiger partial charge in [-0.15, -0.1) is 11.3 Å². The minimum atomic E-state index is -4.44. The highest BCUT2D eigenvalue weighted by Crippen LogP contribution is 2.40. The van der Waals surface area contributed by atoms with Crippen molar-refractivity contribution < 1.29 is 45.4 Å². The molecule has 1 aliphatic carbocycles. The molecule has 2 atom stereocenters. The van der Waals surface area contributed by atoms with Crippen molar-refractivity contribution in [3.8, 4) is 0 Å². The molecule has 9 nitrogen and oxygen atoms in total. The summed E-state index contributed by atoms with van der Waals surface area (Å²) in [7, 11) is -3.32. The number of hydrogen-bond donors (Lipinski definition) is 2. The van der Waals surface area contributed by atoms with Gasteiger partial charge >= 0.3 is 6.09 Å². The highest BCUT2D eigenvalue weighted by atomic mass is 32.2. The molecule has 0 spiro atoms. The molecule has 5 rings (SSSR count). The van der Waals surface area contributed by atoms with Gasteiger partial charge in [-0.1, -0.05) is 60.7 Å². The van der Waals surface area contributed by atoms with Crippen LogP contribution in [0, 0.1) is 0 Å². The molecular formula is C37H41F4N3O6S2. The van der Waals surface area contributed by atoms with Crippen molar-refractivity contribution in [2.24, 2.45) is 0 Å². The van der Waals surface area contributed by atoms with Crippen molar-refractivity contribution in [2.45, 2.75) is 92.2 Å². The first-order chi connectivity index (χ1) is 24.7. The molecule has 2 N–H and O–H groups in total. The van der Waals surface area contributed by atoms with Crippen LogP contribution in [0.5, 0.6) is 0 Å². The van der Waals surface area contributed by atoms with Gasteiger partial charge in [0.05, 0.1) is 34.3 Å². The summed E-state index contributed by atoms with van der Waals surface area (Å²) in [5.41, 5.74) is 3.43. The molecule has 0 radical (unpaired) electrons. The number of fused-ring (bicyclic) bond motifs is 1. The Hall–Kier alpha value is -3.92. The Balaban J connectivity index is 1.35. The maximum Gasteiger partial charge on any atom is 0.407 e. The van der Waals surface area contributed by atoms with Crippen LogP contribution in [0.25, 0.3) is 10.2 Å². The second-order valence-corrected chi connectivity index (χ2v) is 15.7. The number of nitrogens with one attached hydrogen (secondary N) is 1. The summed E-state index contributed by atoms with van der Waals surface area (Å²) < 4.78 is 94.1. The van der Waals surface area contributed by atoms with E-state index in [4.69, 9.17) is 4.74 Å². The quantitative estimate of drug-likeness (QED) is 0.113. The van der Waals surface area contributed by atoms with Crippen LogP contribution in [-0.2, 0) is 19.6 Å². The number of aliphatic hydroxyl groups excluding tert-OH is 1. The Kier molecular flexibility index (Phi) is 12.7. The first-order valence-corrected chi connectivity index (χ1v) is 19.3. The summed E-state index contributed by atoms with van der Waals surface area (Å²) in [6.45, 7) is -0.828. The molecule has 0 bridgehead atoms. The van der Waals surface area contributed by atoms with Gasteiger partial charge in [-0.25, -0.2) is 35.8 Å². The van der Waals surface area contributed by atoms with Crippen LogP contribution >= 0.6 is 11.3 Å². The smallest absolute Gasteiger partial charge is 0.407 e. The van der Waals surface area contributed by atoms with Gasteiger partial charge in [-0.2, -0.15) is 4.31 Å². The molecule has 1 aliphatic rings. The lowest BCUT2D eigenvalue weighted by atomic mass is 9.82. The summed E-state index contributed by atoms with van der Waals surface area (Å²) >= 11 is 1.21. The molecule has 4 aromatic rings. The number of methoxy groups -OCH3 is 1. The maximum absolute atomic E-state index is 15.7. The van der Waals surface area contributed by atoms with Gasteiger partial charge in [0.25, 0.3) is 0 Å². The van der Waals surface area contributed by atoms with Crippen molar-refractivity contribution in [1.29, 1.82) is 0 Å². The van der Waals surface area contributed by atoms with Crippen LogP contribution in [-0.4, -0.2) is 78.4 Å². The Labute approximate surface area is 304 Å². The van der Waals surface area contributed by atoms with Crippen molar-refractivity contribution in [2.75, 3.05) is 13.7 Å². The van der Waals surface area contributed by atoms with Crippen LogP contribution in [0.4, 0.5) is 22.4 Å². The van der Waals surface area contributed by atoms with E-state index in [-0.39, 0.29) is 17.7 Å². The number of halogens is 4. The topological polar surface area (TPSA) is 126 Å². The Morgan fingerprint density at radius 2 is 1.63 bits per heavy atom. The fourth-order valence-corrected chi connectivity index (χ4v) is 9.49. The predicted octanol–water partition coefficient (Wildman–Crippen LogP) is 7.55. The number of sulfonamides is 1. The Morgan fingerprint density at radius 1 is 1.02 bits per heavy atom. The van der Waals surface area contributed by atoms with Gasteiger partial charge in [0.15, 0.2) is 5.78 Å². The van der Waals surface area contributed by atoms with Gasteiger partial charge in [-0.3, -0.25) is 4.79 Å². The summed E-state index contributed by atoms with van der Waals surface area (Å²) in [6, 6.07) is 18.3. The number of alkyl carbamates (subject to hydrolysis) is 1. The molecule has 1 heterocycles. The van der Waals surface area contributed by atoms with E-state index < -0.39 is 103 Å². The van der Waals surface area contributed by atoms with E-state index in [1.165, 1.54) is 29.5 Å². The van der Waals surface area contributed by atoms with E-state index in [1.807, 2.05) is 0 Å². The lowest BCUT2D eigenvalue weighted by molar-refractivity contribution is -0.123. The summed E-state index contributed by atoms with van der Waals surface area (Å²) in [4.78, 5) is 30.2. The molecule has 1 aromatic heterocycles. The number of hydrogen-bond acceptors (Lipinski definition) is 8. The predicted molar refractivity (Wildman–Crippen MR) is 189 cm³/mol. The van der Waals surface area contributed by atoms with Gasteiger partial charge in [-0.05, 0) is 48.6 Å². The van der Waals surface area contributed by atoms with Crippen LogP contribution < -0.4 is 5.32 Å². The van der Waals surface area contributed by atoms with Crippen LogP contribution in [0.3, 0.4) is 0 Å². The monoisotopic (exact) mass is 763 g/mol. The molecule has 1 amide bonds. The van der Waals surface area contributed by atoms with Crippen molar-refractivity contribution in [1.82, 2.24) is 14.6 Å². The number of thiazole rings is 1. The zero-order chi connectivity index (χ0) is 37.5. The van der Waals surface area contributed by atoms with E-state index in [1.54, 1.807) is 66.2 Å². The average Bonchev–Trinajstić information content (AvgIpc) is 3.61. The number of ether oxygens (including phenoxy) is 1. The molecule has 0 saturated heterocycles. The number of aromatic nitrogens is 1. The lowest BCUT2D eigenvalue weighted by Crippen LogP contribution is -2.51. The van der Waals surface area contributed by atoms with Gasteiger partial charge in [0.1, 0.15) is 6.04 Å². The fourth-order valence-electron chi connectivity index (χ4n) is 6.78. The van der Waals surface area contributed by atoms with Crippen molar-refractivity contribution >= 4 is 43.5 Å². The van der Waals surface area contributed by atoms with E-state index >= 15 is 8.78 Å². The lowest BCUT2D eigenvalue weighted by Gasteiger charge is -2.40. The van der Waals surface area contributed by atoms with Gasteiger partial charge < -0.3 is 15.2 Å². The first kappa shape index (κ1) is 39.3. The number of amides is 1. The molecule has 15 heteroatoms. The first-order valence-electron chi connectivity index (χ1n) is 16.9. The van der Waals surface area contributed by atoms with E-state index in [9.17, 15) is 31.9 Å². The number of rotatable bonds is 16. The number of ketones is 1. The third-order valence-electron chi connectivity index (χ3n) is 9.53. The molecule has 0 unspecified atom stereocenters. The van der Waals surface area contributed by atoms with E-state index in [0.29, 0.717) is 21.3 Å². The largest absolute Gasteiger partial charge is 0.453 e. The standard InChI is InChI=1S/C37H41F4N3O6S2/c1-50-35(47)43-34(33(25-8-4-2-5-9-25)26-10-6-3-7-11-26)31(46)17-21-37(40,41)20-16-28(23-45)44(27-14-18-36(38,39)19-15-27)52(48,49)29-12-13-30-32(22-29)51-24-42-30/h2-13,22,24,27-28,33-34,45H,14-21,23H2,1H3,(H,43,47)/t28-,34+/m0/s1. The highest BCUT2D eigenvalue weighted by Gasteiger charge is 2.44. The highest BCUT2D eigenvalue weighted by molar-refractivity contribution is 7.89. The summed E-state index contributed by atoms with van der Waals surface area (Å²) in [5, 5.41) is 13.0. The third-order valence-corrected chi connectivity index (χ3v) is 12.3. The van der Waals surface area contributed by atoms with Crippen LogP contribution in [0.15, 0.2) is 89.3 Å². The number of Topliss-reactive ketones (excluding diaryl/α,β-unsaturated/α-hetero) is 1. The second-order valence-electron chi connectivity index (χ2n) is 13.0. The molecule has 52 heavy (non-hydrogen) atoms. The van der Waals surface area contributed by atoms with Crippen molar-refractivity contribution in [3.63, 3.8) is 0 Å². The molecule has 1 fully saturated rings. The average molecular weight is 764 g/mol. The molecule has 1 saturated carbocycles. The number of carbonyl (C=O) groups excluding carboxylic acids is 2. The van der Waals surface area contributed by atoms with E-state index in [0.717, 1.165) is 11.4 Å². The van der Waals surface area contributed by atoms with Crippen LogP contribution in [0.2, 0.25) is 0 Å². The molecule has 280 valence electrons. The Bertz CT molecular complexity index is 1860. The second kappa shape index (κ2) is 16.8. The third kappa shape index (κ3) is 9.54. The van der Waals surface area contributed by atoms with E-state index in [2.05, 4.69) is 10.3 Å². The SMILES string of the molecule is COC(=O)N[C@H](C(=O)CCC(F)(F)CC[C@@H](CO)N(C1CCC(F)(F)CC1)S(=O)(=O)c1ccc2ncsc2c1)C(c1ccccc1)c1ccccc1. The minimum absolute atomic E-state index is 0.159. The number of aliphatic hydroxyl groups is 1. The zero-order valence-electron chi connectivity index (χ0n) is 28.5. The van der Waals surface area contributed by atoms with Gasteiger partial charge in [0.2, 0.25) is 21.9 Å².